The molecule has 0 radical (unpaired) electrons. The van der Waals surface area contributed by atoms with Crippen LogP contribution in [-0.2, 0) is 19.9 Å². The minimum Gasteiger partial charge on any atom is -0.497 e. The molecule has 1 aromatic heterocycles. The van der Waals surface area contributed by atoms with Crippen molar-refractivity contribution in [1.29, 1.82) is 0 Å². The highest BCUT2D eigenvalue weighted by Gasteiger charge is 2.37. The van der Waals surface area contributed by atoms with Gasteiger partial charge in [-0.3, -0.25) is 4.57 Å². The van der Waals surface area contributed by atoms with E-state index in [2.05, 4.69) is 10.00 Å². The third-order valence-corrected chi connectivity index (χ3v) is 5.06. The Morgan fingerprint density at radius 3 is 2.31 bits per heavy atom. The van der Waals surface area contributed by atoms with E-state index in [0.717, 1.165) is 47.1 Å². The first-order valence-corrected chi connectivity index (χ1v) is 8.64. The topological polar surface area (TPSA) is 39.7 Å². The lowest BCUT2D eigenvalue weighted by atomic mass is 10.2. The first-order chi connectivity index (χ1) is 12.3. The summed E-state index contributed by atoms with van der Waals surface area (Å²) in [6, 6.07) is 7.85. The molecule has 2 aromatic rings. The highest BCUT2D eigenvalue weighted by molar-refractivity contribution is 7.71. The molecule has 1 fully saturated rings. The zero-order valence-corrected chi connectivity index (χ0v) is 15.4. The summed E-state index contributed by atoms with van der Waals surface area (Å²) >= 11 is 5.10. The number of rotatable bonds is 4. The molecule has 6 nitrogen and oxygen atoms in total. The molecule has 1 N–H and O–H groups in total. The summed E-state index contributed by atoms with van der Waals surface area (Å²) in [7, 11) is 2.93. The Morgan fingerprint density at radius 2 is 1.81 bits per heavy atom. The van der Waals surface area contributed by atoms with Crippen molar-refractivity contribution < 1.29 is 22.8 Å². The quantitative estimate of drug-likeness (QED) is 0.803. The molecule has 1 saturated heterocycles. The molecule has 3 rings (SSSR count). The van der Waals surface area contributed by atoms with Crippen molar-refractivity contribution in [3.63, 3.8) is 0 Å². The summed E-state index contributed by atoms with van der Waals surface area (Å²) in [6.07, 6.45) is -4.50. The summed E-state index contributed by atoms with van der Waals surface area (Å²) in [5.41, 5.74) is 1.11. The highest BCUT2D eigenvalue weighted by Crippen LogP contribution is 2.27. The maximum Gasteiger partial charge on any atom is 0.451 e. The molecule has 0 spiro atoms. The largest absolute Gasteiger partial charge is 0.497 e. The van der Waals surface area contributed by atoms with E-state index < -0.39 is 12.0 Å². The smallest absolute Gasteiger partial charge is 0.451 e. The highest BCUT2D eigenvalue weighted by atomic mass is 32.1. The number of quaternary nitrogens is 1. The number of nitrogens with one attached hydrogen (secondary N) is 1. The molecule has 142 valence electrons. The van der Waals surface area contributed by atoms with Gasteiger partial charge in [-0.1, -0.05) is 0 Å². The number of methoxy groups -OCH3 is 1. The number of halogens is 3. The summed E-state index contributed by atoms with van der Waals surface area (Å²) in [6.45, 7) is 3.55. The van der Waals surface area contributed by atoms with Crippen LogP contribution in [0.25, 0.3) is 0 Å². The van der Waals surface area contributed by atoms with Gasteiger partial charge in [-0.15, -0.1) is 5.10 Å². The molecule has 1 aliphatic rings. The first kappa shape index (κ1) is 18.7. The average molecular weight is 388 g/mol. The van der Waals surface area contributed by atoms with Crippen molar-refractivity contribution in [3.8, 4) is 5.75 Å². The zero-order chi connectivity index (χ0) is 18.9. The van der Waals surface area contributed by atoms with Gasteiger partial charge in [0.1, 0.15) is 5.75 Å². The summed E-state index contributed by atoms with van der Waals surface area (Å²) in [5, 5.41) is 3.67. The molecule has 1 aromatic carbocycles. The number of hydrogen-bond donors (Lipinski definition) is 1. The Kier molecular flexibility index (Phi) is 5.24. The van der Waals surface area contributed by atoms with Gasteiger partial charge in [0, 0.05) is 12.7 Å². The lowest BCUT2D eigenvalue weighted by Crippen LogP contribution is -3.14. The van der Waals surface area contributed by atoms with Crippen molar-refractivity contribution >= 4 is 17.9 Å². The van der Waals surface area contributed by atoms with E-state index in [4.69, 9.17) is 17.0 Å². The fraction of sp³-hybridized carbons (Fsp3) is 0.500. The molecule has 0 aliphatic carbocycles. The molecule has 1 aliphatic heterocycles. The second kappa shape index (κ2) is 7.28. The van der Waals surface area contributed by atoms with Crippen LogP contribution in [0.4, 0.5) is 18.9 Å². The van der Waals surface area contributed by atoms with Crippen molar-refractivity contribution in [2.24, 2.45) is 7.05 Å². The number of hydrogen-bond acceptors (Lipinski definition) is 4. The second-order valence-electron chi connectivity index (χ2n) is 6.26. The van der Waals surface area contributed by atoms with Crippen molar-refractivity contribution in [1.82, 2.24) is 14.3 Å². The molecule has 0 atom stereocenters. The van der Waals surface area contributed by atoms with Crippen molar-refractivity contribution in [3.05, 3.63) is 34.9 Å². The van der Waals surface area contributed by atoms with Crippen molar-refractivity contribution in [2.75, 3.05) is 38.2 Å². The standard InChI is InChI=1S/C16H20F3N5OS/c1-21-14(16(17,18)19)20-24(15(21)26)11-22-7-9-23(10-8-22)12-3-5-13(25-2)6-4-12/h3-6H,7-11H2,1-2H3/p+1. The first-order valence-electron chi connectivity index (χ1n) is 8.23. The molecule has 10 heteroatoms. The molecule has 0 bridgehead atoms. The van der Waals surface area contributed by atoms with Gasteiger partial charge < -0.3 is 14.5 Å². The monoisotopic (exact) mass is 388 g/mol. The van der Waals surface area contributed by atoms with Gasteiger partial charge in [0.25, 0.3) is 0 Å². The van der Waals surface area contributed by atoms with Gasteiger partial charge in [-0.2, -0.15) is 17.9 Å². The number of benzene rings is 1. The van der Waals surface area contributed by atoms with Crippen molar-refractivity contribution in [2.45, 2.75) is 12.8 Å². The third-order valence-electron chi connectivity index (χ3n) is 4.58. The number of aromatic nitrogens is 3. The van der Waals surface area contributed by atoms with Crippen LogP contribution in [0.2, 0.25) is 0 Å². The summed E-state index contributed by atoms with van der Waals surface area (Å²) in [4.78, 5) is 3.40. The average Bonchev–Trinajstić information content (AvgIpc) is 2.91. The van der Waals surface area contributed by atoms with Crippen LogP contribution in [0.1, 0.15) is 5.82 Å². The Labute approximate surface area is 154 Å². The van der Waals surface area contributed by atoms with E-state index in [1.54, 1.807) is 7.11 Å². The number of ether oxygens (including phenoxy) is 1. The maximum absolute atomic E-state index is 12.9. The van der Waals surface area contributed by atoms with E-state index in [-0.39, 0.29) is 4.77 Å². The molecular formula is C16H21F3N5OS+. The molecule has 26 heavy (non-hydrogen) atoms. The van der Waals surface area contributed by atoms with E-state index in [0.29, 0.717) is 6.67 Å². The van der Waals surface area contributed by atoms with E-state index >= 15 is 0 Å². The fourth-order valence-corrected chi connectivity index (χ4v) is 3.27. The Morgan fingerprint density at radius 1 is 1.19 bits per heavy atom. The predicted molar refractivity (Wildman–Crippen MR) is 92.9 cm³/mol. The van der Waals surface area contributed by atoms with Gasteiger partial charge in [0.05, 0.1) is 33.3 Å². The maximum atomic E-state index is 12.9. The van der Waals surface area contributed by atoms with Crippen LogP contribution in [0, 0.1) is 4.77 Å². The Bertz CT molecular complexity index is 807. The summed E-state index contributed by atoms with van der Waals surface area (Å²) in [5.74, 6) is -0.151. The van der Waals surface area contributed by atoms with Gasteiger partial charge in [0.2, 0.25) is 10.6 Å². The van der Waals surface area contributed by atoms with Crippen LogP contribution in [-0.4, -0.2) is 47.6 Å². The number of nitrogens with zero attached hydrogens (tertiary/aromatic N) is 4. The number of anilines is 1. The lowest BCUT2D eigenvalue weighted by Gasteiger charge is -2.33. The lowest BCUT2D eigenvalue weighted by molar-refractivity contribution is -0.924. The van der Waals surface area contributed by atoms with Gasteiger partial charge in [-0.05, 0) is 36.5 Å². The van der Waals surface area contributed by atoms with Gasteiger partial charge >= 0.3 is 6.18 Å². The number of piperazine rings is 1. The summed E-state index contributed by atoms with van der Waals surface area (Å²) < 4.78 is 46.3. The second-order valence-corrected chi connectivity index (χ2v) is 6.62. The van der Waals surface area contributed by atoms with Crippen LogP contribution in [0.15, 0.2) is 24.3 Å². The van der Waals surface area contributed by atoms with Gasteiger partial charge in [0.15, 0.2) is 6.67 Å². The third kappa shape index (κ3) is 3.85. The molecular weight excluding hydrogens is 367 g/mol. The molecule has 0 amide bonds. The van der Waals surface area contributed by atoms with Crippen LogP contribution < -0.4 is 14.5 Å². The fourth-order valence-electron chi connectivity index (χ4n) is 3.08. The van der Waals surface area contributed by atoms with E-state index in [9.17, 15) is 13.2 Å². The predicted octanol–water partition coefficient (Wildman–Crippen LogP) is 1.34. The zero-order valence-electron chi connectivity index (χ0n) is 14.6. The van der Waals surface area contributed by atoms with E-state index in [1.165, 1.54) is 11.7 Å². The normalized spacial score (nSPS) is 16.1. The van der Waals surface area contributed by atoms with E-state index in [1.807, 2.05) is 24.3 Å². The van der Waals surface area contributed by atoms with Crippen LogP contribution in [0.3, 0.4) is 0 Å². The molecule has 2 heterocycles. The van der Waals surface area contributed by atoms with Crippen LogP contribution in [0.5, 0.6) is 5.75 Å². The Hall–Kier alpha value is -2.07. The number of alkyl halides is 3. The molecule has 0 saturated carbocycles. The molecule has 0 unspecified atom stereocenters. The minimum absolute atomic E-state index is 0.0856. The Balaban J connectivity index is 1.63. The van der Waals surface area contributed by atoms with Crippen LogP contribution >= 0.6 is 12.2 Å². The SMILES string of the molecule is COc1ccc(N2CC[NH+](Cn3nc(C(F)(F)F)n(C)c3=S)CC2)cc1. The minimum atomic E-state index is -4.50. The van der Waals surface area contributed by atoms with Gasteiger partial charge in [-0.25, -0.2) is 0 Å².